The number of nitrogens with two attached hydrogens (primary N) is 1. The van der Waals surface area contributed by atoms with Crippen molar-refractivity contribution in [1.82, 2.24) is 9.78 Å². The molecule has 0 unspecified atom stereocenters. The van der Waals surface area contributed by atoms with Gasteiger partial charge in [0.1, 0.15) is 5.75 Å². The Morgan fingerprint density at radius 1 is 1.22 bits per heavy atom. The number of hydrogen-bond donors (Lipinski definition) is 1. The minimum Gasteiger partial charge on any atom is -0.497 e. The number of aromatic nitrogens is 2. The Balaban J connectivity index is 2.37. The number of ether oxygens (including phenoxy) is 1. The molecule has 0 aliphatic rings. The summed E-state index contributed by atoms with van der Waals surface area (Å²) >= 11 is 0. The number of rotatable bonds is 4. The van der Waals surface area contributed by atoms with Gasteiger partial charge in [-0.15, -0.1) is 0 Å². The standard InChI is InChI=1S/C13H15N3O2/c1-18-11-4-2-10(3-5-11)12-6-7-13(17)16(15-12)9-8-14/h2-7H,8-9,14H2,1H3. The average molecular weight is 245 g/mol. The molecule has 2 rings (SSSR count). The average Bonchev–Trinajstić information content (AvgIpc) is 2.42. The van der Waals surface area contributed by atoms with Crippen LogP contribution in [0.1, 0.15) is 0 Å². The second kappa shape index (κ2) is 5.46. The fourth-order valence-electron chi connectivity index (χ4n) is 1.65. The zero-order chi connectivity index (χ0) is 13.0. The maximum absolute atomic E-state index is 11.5. The molecule has 0 radical (unpaired) electrons. The molecule has 1 aromatic carbocycles. The monoisotopic (exact) mass is 245 g/mol. The maximum Gasteiger partial charge on any atom is 0.266 e. The van der Waals surface area contributed by atoms with Gasteiger partial charge in [0.15, 0.2) is 0 Å². The summed E-state index contributed by atoms with van der Waals surface area (Å²) in [5.74, 6) is 0.786. The van der Waals surface area contributed by atoms with E-state index in [0.717, 1.165) is 17.0 Å². The molecule has 0 atom stereocenters. The van der Waals surface area contributed by atoms with Crippen molar-refractivity contribution in [2.75, 3.05) is 13.7 Å². The van der Waals surface area contributed by atoms with Gasteiger partial charge in [0.2, 0.25) is 0 Å². The largest absolute Gasteiger partial charge is 0.497 e. The molecule has 5 nitrogen and oxygen atoms in total. The van der Waals surface area contributed by atoms with Crippen LogP contribution < -0.4 is 16.0 Å². The summed E-state index contributed by atoms with van der Waals surface area (Å²) in [6, 6.07) is 10.7. The quantitative estimate of drug-likeness (QED) is 0.868. The van der Waals surface area contributed by atoms with Crippen LogP contribution in [0.3, 0.4) is 0 Å². The molecule has 5 heteroatoms. The number of methoxy groups -OCH3 is 1. The van der Waals surface area contributed by atoms with Gasteiger partial charge in [-0.2, -0.15) is 5.10 Å². The first-order valence-corrected chi connectivity index (χ1v) is 5.67. The third-order valence-electron chi connectivity index (χ3n) is 2.59. The summed E-state index contributed by atoms with van der Waals surface area (Å²) in [6.45, 7) is 0.807. The molecular formula is C13H15N3O2. The molecule has 1 aromatic heterocycles. The second-order valence-corrected chi connectivity index (χ2v) is 3.80. The van der Waals surface area contributed by atoms with Gasteiger partial charge < -0.3 is 10.5 Å². The molecule has 1 heterocycles. The Kier molecular flexibility index (Phi) is 3.74. The zero-order valence-electron chi connectivity index (χ0n) is 10.2. The minimum atomic E-state index is -0.141. The molecule has 0 aliphatic heterocycles. The highest BCUT2D eigenvalue weighted by Crippen LogP contribution is 2.19. The van der Waals surface area contributed by atoms with Crippen LogP contribution in [-0.4, -0.2) is 23.4 Å². The highest BCUT2D eigenvalue weighted by Gasteiger charge is 2.03. The van der Waals surface area contributed by atoms with E-state index in [1.807, 2.05) is 24.3 Å². The van der Waals surface area contributed by atoms with Gasteiger partial charge in [0.05, 0.1) is 19.3 Å². The van der Waals surface area contributed by atoms with E-state index < -0.39 is 0 Å². The number of hydrogen-bond acceptors (Lipinski definition) is 4. The lowest BCUT2D eigenvalue weighted by Gasteiger charge is -2.06. The Hall–Kier alpha value is -2.14. The maximum atomic E-state index is 11.5. The first-order chi connectivity index (χ1) is 8.74. The van der Waals surface area contributed by atoms with E-state index in [0.29, 0.717) is 13.1 Å². The highest BCUT2D eigenvalue weighted by molar-refractivity contribution is 5.59. The van der Waals surface area contributed by atoms with Crippen molar-refractivity contribution >= 4 is 0 Å². The molecule has 0 spiro atoms. The van der Waals surface area contributed by atoms with Crippen molar-refractivity contribution in [3.8, 4) is 17.0 Å². The van der Waals surface area contributed by atoms with Crippen molar-refractivity contribution in [2.24, 2.45) is 5.73 Å². The van der Waals surface area contributed by atoms with E-state index >= 15 is 0 Å². The van der Waals surface area contributed by atoms with Crippen molar-refractivity contribution in [3.05, 3.63) is 46.8 Å². The van der Waals surface area contributed by atoms with Crippen LogP contribution in [0.25, 0.3) is 11.3 Å². The lowest BCUT2D eigenvalue weighted by atomic mass is 10.1. The molecular weight excluding hydrogens is 230 g/mol. The van der Waals surface area contributed by atoms with E-state index in [4.69, 9.17) is 10.5 Å². The first kappa shape index (κ1) is 12.3. The van der Waals surface area contributed by atoms with Crippen LogP contribution >= 0.6 is 0 Å². The van der Waals surface area contributed by atoms with Crippen LogP contribution in [0.2, 0.25) is 0 Å². The Labute approximate surface area is 105 Å². The highest BCUT2D eigenvalue weighted by atomic mass is 16.5. The third-order valence-corrected chi connectivity index (χ3v) is 2.59. The van der Waals surface area contributed by atoms with E-state index in [-0.39, 0.29) is 5.56 Å². The molecule has 0 saturated carbocycles. The van der Waals surface area contributed by atoms with Crippen LogP contribution in [0, 0.1) is 0 Å². The zero-order valence-corrected chi connectivity index (χ0v) is 10.2. The first-order valence-electron chi connectivity index (χ1n) is 5.67. The summed E-state index contributed by atoms with van der Waals surface area (Å²) in [5, 5.41) is 4.27. The molecule has 2 N–H and O–H groups in total. The summed E-state index contributed by atoms with van der Waals surface area (Å²) in [6.07, 6.45) is 0. The molecule has 0 bridgehead atoms. The summed E-state index contributed by atoms with van der Waals surface area (Å²) in [5.41, 5.74) is 6.97. The molecule has 2 aromatic rings. The van der Waals surface area contributed by atoms with Crippen molar-refractivity contribution < 1.29 is 4.74 Å². The van der Waals surface area contributed by atoms with Crippen LogP contribution in [0.5, 0.6) is 5.75 Å². The predicted molar refractivity (Wildman–Crippen MR) is 69.5 cm³/mol. The van der Waals surface area contributed by atoms with Crippen molar-refractivity contribution in [1.29, 1.82) is 0 Å². The molecule has 94 valence electrons. The van der Waals surface area contributed by atoms with Crippen LogP contribution in [-0.2, 0) is 6.54 Å². The van der Waals surface area contributed by atoms with E-state index in [9.17, 15) is 4.79 Å². The van der Waals surface area contributed by atoms with E-state index in [2.05, 4.69) is 5.10 Å². The molecule has 0 amide bonds. The lowest BCUT2D eigenvalue weighted by Crippen LogP contribution is -2.25. The molecule has 0 aliphatic carbocycles. The SMILES string of the molecule is COc1ccc(-c2ccc(=O)n(CCN)n2)cc1. The summed E-state index contributed by atoms with van der Waals surface area (Å²) < 4.78 is 6.47. The molecule has 0 fully saturated rings. The van der Waals surface area contributed by atoms with Gasteiger partial charge in [-0.05, 0) is 30.3 Å². The lowest BCUT2D eigenvalue weighted by molar-refractivity contribution is 0.415. The predicted octanol–water partition coefficient (Wildman–Crippen LogP) is 0.878. The minimum absolute atomic E-state index is 0.141. The third kappa shape index (κ3) is 2.57. The fraction of sp³-hybridized carbons (Fsp3) is 0.231. The van der Waals surface area contributed by atoms with E-state index in [1.165, 1.54) is 10.7 Å². The smallest absolute Gasteiger partial charge is 0.266 e. The molecule has 0 saturated heterocycles. The Morgan fingerprint density at radius 2 is 1.94 bits per heavy atom. The number of benzene rings is 1. The van der Waals surface area contributed by atoms with Crippen LogP contribution in [0.15, 0.2) is 41.2 Å². The molecule has 18 heavy (non-hydrogen) atoms. The summed E-state index contributed by atoms with van der Waals surface area (Å²) in [7, 11) is 1.62. The Bertz CT molecular complexity index is 576. The van der Waals surface area contributed by atoms with Crippen molar-refractivity contribution in [2.45, 2.75) is 6.54 Å². The van der Waals surface area contributed by atoms with E-state index in [1.54, 1.807) is 13.2 Å². The number of nitrogens with zero attached hydrogens (tertiary/aromatic N) is 2. The van der Waals surface area contributed by atoms with Gasteiger partial charge in [0.25, 0.3) is 5.56 Å². The van der Waals surface area contributed by atoms with Crippen LogP contribution in [0.4, 0.5) is 0 Å². The summed E-state index contributed by atoms with van der Waals surface area (Å²) in [4.78, 5) is 11.5. The fourth-order valence-corrected chi connectivity index (χ4v) is 1.65. The topological polar surface area (TPSA) is 70.1 Å². The van der Waals surface area contributed by atoms with Gasteiger partial charge >= 0.3 is 0 Å². The van der Waals surface area contributed by atoms with Gasteiger partial charge in [0, 0.05) is 18.2 Å². The van der Waals surface area contributed by atoms with Gasteiger partial charge in [-0.25, -0.2) is 4.68 Å². The van der Waals surface area contributed by atoms with Crippen molar-refractivity contribution in [3.63, 3.8) is 0 Å². The van der Waals surface area contributed by atoms with Gasteiger partial charge in [-0.1, -0.05) is 0 Å². The normalized spacial score (nSPS) is 10.3. The Morgan fingerprint density at radius 3 is 2.56 bits per heavy atom. The van der Waals surface area contributed by atoms with Gasteiger partial charge in [-0.3, -0.25) is 4.79 Å². The second-order valence-electron chi connectivity index (χ2n) is 3.80.